The van der Waals surface area contributed by atoms with Gasteiger partial charge in [0.2, 0.25) is 0 Å². The molecule has 140 valence electrons. The Bertz CT molecular complexity index is 771. The fourth-order valence-corrected chi connectivity index (χ4v) is 4.20. The quantitative estimate of drug-likeness (QED) is 0.806. The molecule has 1 fully saturated rings. The second-order valence-electron chi connectivity index (χ2n) is 6.93. The minimum Gasteiger partial charge on any atom is -0.496 e. The Morgan fingerprint density at radius 2 is 1.73 bits per heavy atom. The molecular formula is C21H28BrN2O2+. The van der Waals surface area contributed by atoms with Crippen LogP contribution in [0.3, 0.4) is 0 Å². The molecule has 0 unspecified atom stereocenters. The van der Waals surface area contributed by atoms with Crippen LogP contribution in [-0.2, 0) is 6.54 Å². The van der Waals surface area contributed by atoms with Gasteiger partial charge in [0.15, 0.2) is 0 Å². The number of piperazine rings is 1. The minimum absolute atomic E-state index is 0.806. The van der Waals surface area contributed by atoms with Gasteiger partial charge in [-0.3, -0.25) is 0 Å². The van der Waals surface area contributed by atoms with Gasteiger partial charge in [-0.05, 0) is 53.0 Å². The molecule has 1 aliphatic rings. The normalized spacial score (nSPS) is 15.2. The molecule has 26 heavy (non-hydrogen) atoms. The molecule has 1 saturated heterocycles. The third-order valence-electron chi connectivity index (χ3n) is 5.38. The number of halogens is 1. The molecule has 0 radical (unpaired) electrons. The van der Waals surface area contributed by atoms with E-state index in [1.165, 1.54) is 22.4 Å². The van der Waals surface area contributed by atoms with Gasteiger partial charge >= 0.3 is 0 Å². The molecule has 1 aliphatic heterocycles. The van der Waals surface area contributed by atoms with Crippen LogP contribution in [0.25, 0.3) is 0 Å². The number of methoxy groups -OCH3 is 2. The predicted octanol–water partition coefficient (Wildman–Crippen LogP) is 2.99. The number of hydrogen-bond acceptors (Lipinski definition) is 3. The third-order valence-corrected chi connectivity index (χ3v) is 6.00. The Kier molecular flexibility index (Phi) is 6.09. The highest BCUT2D eigenvalue weighted by Gasteiger charge is 2.23. The van der Waals surface area contributed by atoms with Crippen LogP contribution >= 0.6 is 15.9 Å². The van der Waals surface area contributed by atoms with Crippen LogP contribution in [0.2, 0.25) is 0 Å². The van der Waals surface area contributed by atoms with Crippen LogP contribution in [0, 0.1) is 13.8 Å². The first kappa shape index (κ1) is 19.1. The molecule has 0 bridgehead atoms. The summed E-state index contributed by atoms with van der Waals surface area (Å²) in [5.74, 6) is 1.70. The largest absolute Gasteiger partial charge is 0.496 e. The summed E-state index contributed by atoms with van der Waals surface area (Å²) in [6, 6.07) is 10.7. The summed E-state index contributed by atoms with van der Waals surface area (Å²) in [6.07, 6.45) is 0. The Morgan fingerprint density at radius 3 is 2.38 bits per heavy atom. The number of hydrogen-bond donors (Lipinski definition) is 1. The summed E-state index contributed by atoms with van der Waals surface area (Å²) in [5.41, 5.74) is 5.37. The zero-order chi connectivity index (χ0) is 18.7. The second-order valence-corrected chi connectivity index (χ2v) is 7.79. The predicted molar refractivity (Wildman–Crippen MR) is 110 cm³/mol. The van der Waals surface area contributed by atoms with Gasteiger partial charge in [-0.2, -0.15) is 0 Å². The van der Waals surface area contributed by atoms with Crippen molar-refractivity contribution < 1.29 is 14.4 Å². The van der Waals surface area contributed by atoms with Crippen molar-refractivity contribution in [3.63, 3.8) is 0 Å². The van der Waals surface area contributed by atoms with Crippen molar-refractivity contribution >= 4 is 21.6 Å². The van der Waals surface area contributed by atoms with E-state index in [-0.39, 0.29) is 0 Å². The van der Waals surface area contributed by atoms with E-state index >= 15 is 0 Å². The molecule has 0 saturated carbocycles. The van der Waals surface area contributed by atoms with Gasteiger partial charge in [-0.25, -0.2) is 0 Å². The van der Waals surface area contributed by atoms with Gasteiger partial charge in [0, 0.05) is 17.3 Å². The Labute approximate surface area is 164 Å². The maximum absolute atomic E-state index is 5.58. The molecule has 2 aromatic carbocycles. The molecule has 4 nitrogen and oxygen atoms in total. The lowest BCUT2D eigenvalue weighted by atomic mass is 10.1. The summed E-state index contributed by atoms with van der Waals surface area (Å²) in [7, 11) is 3.40. The highest BCUT2D eigenvalue weighted by molar-refractivity contribution is 9.10. The van der Waals surface area contributed by atoms with E-state index in [9.17, 15) is 0 Å². The first-order chi connectivity index (χ1) is 12.5. The number of nitrogens with zero attached hydrogens (tertiary/aromatic N) is 1. The number of aryl methyl sites for hydroxylation is 1. The lowest BCUT2D eigenvalue weighted by Gasteiger charge is -2.35. The topological polar surface area (TPSA) is 26.1 Å². The molecule has 0 aromatic heterocycles. The molecule has 3 rings (SSSR count). The number of ether oxygens (including phenoxy) is 2. The number of rotatable bonds is 5. The first-order valence-electron chi connectivity index (χ1n) is 9.08. The summed E-state index contributed by atoms with van der Waals surface area (Å²) >= 11 is 3.59. The molecular weight excluding hydrogens is 392 g/mol. The fourth-order valence-electron chi connectivity index (χ4n) is 3.65. The highest BCUT2D eigenvalue weighted by atomic mass is 79.9. The van der Waals surface area contributed by atoms with Crippen molar-refractivity contribution in [1.82, 2.24) is 0 Å². The van der Waals surface area contributed by atoms with Crippen LogP contribution in [0.15, 0.2) is 34.8 Å². The molecule has 2 aromatic rings. The Morgan fingerprint density at radius 1 is 1.04 bits per heavy atom. The number of nitrogens with one attached hydrogen (secondary N) is 1. The molecule has 0 amide bonds. The van der Waals surface area contributed by atoms with E-state index in [2.05, 4.69) is 58.9 Å². The Balaban J connectivity index is 1.68. The van der Waals surface area contributed by atoms with Crippen molar-refractivity contribution in [2.75, 3.05) is 45.3 Å². The summed E-state index contributed by atoms with van der Waals surface area (Å²) < 4.78 is 11.9. The SMILES string of the molecule is COc1cc(OC)c(C[NH+]2CCN(c3cccc(C)c3C)CC2)cc1Br. The van der Waals surface area contributed by atoms with Crippen molar-refractivity contribution in [2.24, 2.45) is 0 Å². The van der Waals surface area contributed by atoms with E-state index in [0.29, 0.717) is 0 Å². The summed E-state index contributed by atoms with van der Waals surface area (Å²) in [4.78, 5) is 4.11. The average molecular weight is 420 g/mol. The fraction of sp³-hybridized carbons (Fsp3) is 0.429. The smallest absolute Gasteiger partial charge is 0.136 e. The number of quaternary nitrogens is 1. The van der Waals surface area contributed by atoms with E-state index in [1.54, 1.807) is 19.1 Å². The lowest BCUT2D eigenvalue weighted by Crippen LogP contribution is -3.13. The van der Waals surface area contributed by atoms with Gasteiger partial charge in [-0.1, -0.05) is 12.1 Å². The zero-order valence-corrected chi connectivity index (χ0v) is 17.6. The monoisotopic (exact) mass is 419 g/mol. The van der Waals surface area contributed by atoms with Crippen molar-refractivity contribution in [3.05, 3.63) is 51.5 Å². The van der Waals surface area contributed by atoms with Crippen molar-refractivity contribution in [3.8, 4) is 11.5 Å². The van der Waals surface area contributed by atoms with Crippen LogP contribution < -0.4 is 19.3 Å². The minimum atomic E-state index is 0.806. The van der Waals surface area contributed by atoms with E-state index < -0.39 is 0 Å². The van der Waals surface area contributed by atoms with Crippen LogP contribution in [0.5, 0.6) is 11.5 Å². The molecule has 1 heterocycles. The molecule has 0 aliphatic carbocycles. The van der Waals surface area contributed by atoms with Gasteiger partial charge in [0.05, 0.1) is 44.9 Å². The van der Waals surface area contributed by atoms with E-state index in [1.807, 2.05) is 6.07 Å². The summed E-state index contributed by atoms with van der Waals surface area (Å²) in [5, 5.41) is 0. The summed E-state index contributed by atoms with van der Waals surface area (Å²) in [6.45, 7) is 9.79. The molecule has 1 N–H and O–H groups in total. The lowest BCUT2D eigenvalue weighted by molar-refractivity contribution is -0.914. The van der Waals surface area contributed by atoms with Gasteiger partial charge in [-0.15, -0.1) is 0 Å². The molecule has 0 spiro atoms. The van der Waals surface area contributed by atoms with Crippen LogP contribution in [0.4, 0.5) is 5.69 Å². The second kappa shape index (κ2) is 8.31. The van der Waals surface area contributed by atoms with Gasteiger partial charge in [0.25, 0.3) is 0 Å². The third kappa shape index (κ3) is 3.99. The van der Waals surface area contributed by atoms with Crippen LogP contribution in [0.1, 0.15) is 16.7 Å². The van der Waals surface area contributed by atoms with Crippen LogP contribution in [-0.4, -0.2) is 40.4 Å². The first-order valence-corrected chi connectivity index (χ1v) is 9.88. The zero-order valence-electron chi connectivity index (χ0n) is 16.1. The standard InChI is InChI=1S/C21H27BrN2O2/c1-15-6-5-7-19(16(15)2)24-10-8-23(9-11-24)14-17-12-18(22)21(26-4)13-20(17)25-3/h5-7,12-13H,8-11,14H2,1-4H3/p+1. The average Bonchev–Trinajstić information content (AvgIpc) is 2.65. The maximum atomic E-state index is 5.58. The van der Waals surface area contributed by atoms with Crippen molar-refractivity contribution in [1.29, 1.82) is 0 Å². The Hall–Kier alpha value is -1.72. The maximum Gasteiger partial charge on any atom is 0.136 e. The highest BCUT2D eigenvalue weighted by Crippen LogP contribution is 2.32. The number of anilines is 1. The molecule has 0 atom stereocenters. The van der Waals surface area contributed by atoms with E-state index in [4.69, 9.17) is 9.47 Å². The van der Waals surface area contributed by atoms with E-state index in [0.717, 1.165) is 48.7 Å². The van der Waals surface area contributed by atoms with Gasteiger partial charge < -0.3 is 19.3 Å². The molecule has 5 heteroatoms. The number of benzene rings is 2. The van der Waals surface area contributed by atoms with Gasteiger partial charge in [0.1, 0.15) is 18.0 Å². The van der Waals surface area contributed by atoms with Crippen molar-refractivity contribution in [2.45, 2.75) is 20.4 Å².